The topological polar surface area (TPSA) is 34.9 Å². The zero-order valence-electron chi connectivity index (χ0n) is 13.7. The summed E-state index contributed by atoms with van der Waals surface area (Å²) < 4.78 is 2.38. The van der Waals surface area contributed by atoms with Gasteiger partial charge in [-0.2, -0.15) is 0 Å². The number of pyridine rings is 1. The number of hydrogen-bond acceptors (Lipinski definition) is 2. The minimum absolute atomic E-state index is 0.269. The number of rotatable bonds is 6. The van der Waals surface area contributed by atoms with E-state index in [1.807, 2.05) is 12.3 Å². The summed E-state index contributed by atoms with van der Waals surface area (Å²) in [6.45, 7) is 4.76. The third-order valence-corrected chi connectivity index (χ3v) is 4.32. The van der Waals surface area contributed by atoms with Crippen molar-refractivity contribution in [2.24, 2.45) is 0 Å². The first-order valence-electron chi connectivity index (χ1n) is 8.16. The summed E-state index contributed by atoms with van der Waals surface area (Å²) in [6.07, 6.45) is 6.34. The molecule has 23 heavy (non-hydrogen) atoms. The first-order chi connectivity index (χ1) is 11.2. The highest BCUT2D eigenvalue weighted by molar-refractivity contribution is 5.91. The number of para-hydroxylation sites is 1. The van der Waals surface area contributed by atoms with E-state index >= 15 is 0 Å². The second-order valence-corrected chi connectivity index (χ2v) is 6.04. The number of aromatic nitrogens is 2. The van der Waals surface area contributed by atoms with Gasteiger partial charge >= 0.3 is 0 Å². The lowest BCUT2D eigenvalue weighted by Gasteiger charge is -2.11. The second-order valence-electron chi connectivity index (χ2n) is 6.04. The summed E-state index contributed by atoms with van der Waals surface area (Å²) in [5, 5.41) is 1.29. The maximum absolute atomic E-state index is 11.1. The van der Waals surface area contributed by atoms with Gasteiger partial charge in [0.05, 0.1) is 5.69 Å². The molecule has 3 heteroatoms. The Balaban J connectivity index is 2.01. The van der Waals surface area contributed by atoms with Crippen molar-refractivity contribution in [3.05, 3.63) is 54.4 Å². The first kappa shape index (κ1) is 15.5. The van der Waals surface area contributed by atoms with Crippen LogP contribution in [0.2, 0.25) is 0 Å². The standard InChI is InChI=1S/C20H22N2O/c1-15(23)8-5-6-13-22-19-11-4-3-10-18(19)16(2)20(22)17-9-7-12-21-14-17/h3-4,7,9-12,14H,5-6,8,13H2,1-2H3. The van der Waals surface area contributed by atoms with Gasteiger partial charge in [0.2, 0.25) is 0 Å². The Morgan fingerprint density at radius 1 is 1.13 bits per heavy atom. The Labute approximate surface area is 137 Å². The summed E-state index contributed by atoms with van der Waals surface area (Å²) in [7, 11) is 0. The molecule has 0 spiro atoms. The molecule has 1 aromatic carbocycles. The molecule has 2 aromatic heterocycles. The van der Waals surface area contributed by atoms with E-state index in [9.17, 15) is 4.79 Å². The Kier molecular flexibility index (Phi) is 4.56. The van der Waals surface area contributed by atoms with Gasteiger partial charge < -0.3 is 9.36 Å². The molecule has 0 aliphatic carbocycles. The van der Waals surface area contributed by atoms with Crippen LogP contribution in [0, 0.1) is 6.92 Å². The van der Waals surface area contributed by atoms with Crippen molar-refractivity contribution < 1.29 is 4.79 Å². The maximum Gasteiger partial charge on any atom is 0.129 e. The van der Waals surface area contributed by atoms with Crippen LogP contribution in [0.3, 0.4) is 0 Å². The van der Waals surface area contributed by atoms with Crippen LogP contribution in [0.4, 0.5) is 0 Å². The fourth-order valence-electron chi connectivity index (χ4n) is 3.23. The molecule has 0 saturated carbocycles. The molecule has 0 N–H and O–H groups in total. The number of Topliss-reactive ketones (excluding diaryl/α,β-unsaturated/α-hetero) is 1. The number of aryl methyl sites for hydroxylation is 2. The zero-order valence-corrected chi connectivity index (χ0v) is 13.7. The van der Waals surface area contributed by atoms with Crippen molar-refractivity contribution in [1.29, 1.82) is 0 Å². The highest BCUT2D eigenvalue weighted by Gasteiger charge is 2.15. The van der Waals surface area contributed by atoms with Crippen LogP contribution in [0.25, 0.3) is 22.2 Å². The lowest BCUT2D eigenvalue weighted by atomic mass is 10.1. The lowest BCUT2D eigenvalue weighted by molar-refractivity contribution is -0.117. The number of ketones is 1. The number of benzene rings is 1. The Morgan fingerprint density at radius 3 is 2.70 bits per heavy atom. The van der Waals surface area contributed by atoms with E-state index in [2.05, 4.69) is 46.8 Å². The molecular formula is C20H22N2O. The first-order valence-corrected chi connectivity index (χ1v) is 8.16. The summed E-state index contributed by atoms with van der Waals surface area (Å²) in [5.41, 5.74) is 4.93. The third kappa shape index (κ3) is 3.19. The molecule has 2 heterocycles. The molecular weight excluding hydrogens is 284 g/mol. The molecule has 0 unspecified atom stereocenters. The number of carbonyl (C=O) groups excluding carboxylic acids is 1. The van der Waals surface area contributed by atoms with Crippen LogP contribution in [0.1, 0.15) is 31.7 Å². The molecule has 0 bridgehead atoms. The fourth-order valence-corrected chi connectivity index (χ4v) is 3.23. The number of hydrogen-bond donors (Lipinski definition) is 0. The molecule has 0 amide bonds. The highest BCUT2D eigenvalue weighted by Crippen LogP contribution is 2.33. The molecule has 0 saturated heterocycles. The maximum atomic E-state index is 11.1. The average Bonchev–Trinajstić information content (AvgIpc) is 2.85. The molecule has 0 radical (unpaired) electrons. The third-order valence-electron chi connectivity index (χ3n) is 4.32. The summed E-state index contributed by atoms with van der Waals surface area (Å²) in [6, 6.07) is 12.6. The molecule has 0 atom stereocenters. The summed E-state index contributed by atoms with van der Waals surface area (Å²) in [5.74, 6) is 0.269. The molecule has 3 aromatic rings. The van der Waals surface area contributed by atoms with Gasteiger partial charge in [-0.3, -0.25) is 4.98 Å². The smallest absolute Gasteiger partial charge is 0.129 e. The molecule has 0 aliphatic heterocycles. The predicted octanol–water partition coefficient (Wildman–Crippen LogP) is 4.77. The monoisotopic (exact) mass is 306 g/mol. The van der Waals surface area contributed by atoms with Crippen LogP contribution in [-0.4, -0.2) is 15.3 Å². The van der Waals surface area contributed by atoms with Crippen molar-refractivity contribution >= 4 is 16.7 Å². The number of unbranched alkanes of at least 4 members (excludes halogenated alkanes) is 1. The van der Waals surface area contributed by atoms with E-state index in [-0.39, 0.29) is 5.78 Å². The van der Waals surface area contributed by atoms with Crippen molar-refractivity contribution in [3.63, 3.8) is 0 Å². The quantitative estimate of drug-likeness (QED) is 0.615. The van der Waals surface area contributed by atoms with Gasteiger partial charge in [0.15, 0.2) is 0 Å². The van der Waals surface area contributed by atoms with E-state index in [1.54, 1.807) is 13.1 Å². The van der Waals surface area contributed by atoms with Crippen molar-refractivity contribution in [2.75, 3.05) is 0 Å². The zero-order chi connectivity index (χ0) is 16.2. The van der Waals surface area contributed by atoms with E-state index in [0.29, 0.717) is 6.42 Å². The fraction of sp³-hybridized carbons (Fsp3) is 0.300. The second kappa shape index (κ2) is 6.78. The number of carbonyl (C=O) groups is 1. The van der Waals surface area contributed by atoms with Crippen LogP contribution in [-0.2, 0) is 11.3 Å². The average molecular weight is 306 g/mol. The van der Waals surface area contributed by atoms with Crippen LogP contribution < -0.4 is 0 Å². The van der Waals surface area contributed by atoms with Gasteiger partial charge in [-0.05, 0) is 50.5 Å². The molecule has 118 valence electrons. The SMILES string of the molecule is CC(=O)CCCCn1c(-c2cccnc2)c(C)c2ccccc21. The van der Waals surface area contributed by atoms with Gasteiger partial charge in [0.1, 0.15) is 5.78 Å². The minimum Gasteiger partial charge on any atom is -0.340 e. The largest absolute Gasteiger partial charge is 0.340 e. The molecule has 3 rings (SSSR count). The lowest BCUT2D eigenvalue weighted by Crippen LogP contribution is -2.02. The summed E-state index contributed by atoms with van der Waals surface area (Å²) >= 11 is 0. The highest BCUT2D eigenvalue weighted by atomic mass is 16.1. The van der Waals surface area contributed by atoms with E-state index in [0.717, 1.165) is 24.9 Å². The number of fused-ring (bicyclic) bond motifs is 1. The molecule has 0 fully saturated rings. The minimum atomic E-state index is 0.269. The number of nitrogens with zero attached hydrogens (tertiary/aromatic N) is 2. The van der Waals surface area contributed by atoms with E-state index in [4.69, 9.17) is 0 Å². The normalized spacial score (nSPS) is 11.0. The molecule has 3 nitrogen and oxygen atoms in total. The predicted molar refractivity (Wildman–Crippen MR) is 94.4 cm³/mol. The van der Waals surface area contributed by atoms with Crippen LogP contribution in [0.15, 0.2) is 48.8 Å². The summed E-state index contributed by atoms with van der Waals surface area (Å²) in [4.78, 5) is 15.4. The van der Waals surface area contributed by atoms with E-state index in [1.165, 1.54) is 22.2 Å². The van der Waals surface area contributed by atoms with Gasteiger partial charge in [-0.1, -0.05) is 18.2 Å². The Bertz CT molecular complexity index is 818. The Morgan fingerprint density at radius 2 is 1.96 bits per heavy atom. The van der Waals surface area contributed by atoms with Crippen molar-refractivity contribution in [2.45, 2.75) is 39.7 Å². The Hall–Kier alpha value is -2.42. The molecule has 0 aliphatic rings. The van der Waals surface area contributed by atoms with Gasteiger partial charge in [-0.15, -0.1) is 0 Å². The van der Waals surface area contributed by atoms with Crippen molar-refractivity contribution in [1.82, 2.24) is 9.55 Å². The van der Waals surface area contributed by atoms with Crippen LogP contribution >= 0.6 is 0 Å². The van der Waals surface area contributed by atoms with Crippen LogP contribution in [0.5, 0.6) is 0 Å². The van der Waals surface area contributed by atoms with Crippen molar-refractivity contribution in [3.8, 4) is 11.3 Å². The van der Waals surface area contributed by atoms with E-state index < -0.39 is 0 Å². The van der Waals surface area contributed by atoms with Gasteiger partial charge in [0, 0.05) is 41.8 Å². The van der Waals surface area contributed by atoms with Gasteiger partial charge in [0.25, 0.3) is 0 Å². The van der Waals surface area contributed by atoms with Gasteiger partial charge in [-0.25, -0.2) is 0 Å².